The smallest absolute Gasteiger partial charge is 0.261 e. The largest absolute Gasteiger partial charge is 0.481 e. The van der Waals surface area contributed by atoms with Crippen LogP contribution in [0.4, 0.5) is 0 Å². The zero-order chi connectivity index (χ0) is 16.8. The number of para-hydroxylation sites is 1. The number of benzene rings is 2. The Hall–Kier alpha value is -2.29. The summed E-state index contributed by atoms with van der Waals surface area (Å²) in [6.07, 6.45) is -0.527. The van der Waals surface area contributed by atoms with Gasteiger partial charge in [-0.25, -0.2) is 0 Å². The van der Waals surface area contributed by atoms with Crippen LogP contribution in [0.3, 0.4) is 0 Å². The zero-order valence-corrected chi connectivity index (χ0v) is 14.3. The van der Waals surface area contributed by atoms with Crippen molar-refractivity contribution in [1.82, 2.24) is 5.32 Å². The van der Waals surface area contributed by atoms with Crippen molar-refractivity contribution in [2.24, 2.45) is 0 Å². The highest BCUT2D eigenvalue weighted by atomic mass is 16.5. The molecule has 0 fully saturated rings. The topological polar surface area (TPSA) is 38.3 Å². The molecule has 1 unspecified atom stereocenters. The lowest BCUT2D eigenvalue weighted by atomic mass is 10.0. The second-order valence-corrected chi connectivity index (χ2v) is 6.16. The van der Waals surface area contributed by atoms with Gasteiger partial charge in [-0.2, -0.15) is 0 Å². The minimum Gasteiger partial charge on any atom is -0.481 e. The molecule has 0 aromatic heterocycles. The first-order valence-corrected chi connectivity index (χ1v) is 8.06. The average molecular weight is 311 g/mol. The molecule has 0 aliphatic heterocycles. The normalized spacial score (nSPS) is 12.0. The van der Waals surface area contributed by atoms with Gasteiger partial charge in [-0.05, 0) is 37.0 Å². The second kappa shape index (κ2) is 7.82. The summed E-state index contributed by atoms with van der Waals surface area (Å²) in [4.78, 5) is 12.2. The van der Waals surface area contributed by atoms with Crippen LogP contribution >= 0.6 is 0 Å². The van der Waals surface area contributed by atoms with Crippen molar-refractivity contribution < 1.29 is 9.53 Å². The number of ether oxygens (including phenoxy) is 1. The van der Waals surface area contributed by atoms with E-state index in [-0.39, 0.29) is 5.91 Å². The molecule has 2 aromatic rings. The first kappa shape index (κ1) is 17.1. The van der Waals surface area contributed by atoms with Crippen molar-refractivity contribution in [3.05, 3.63) is 65.2 Å². The van der Waals surface area contributed by atoms with Gasteiger partial charge in [0.05, 0.1) is 0 Å². The molecule has 0 spiro atoms. The van der Waals surface area contributed by atoms with E-state index in [1.54, 1.807) is 6.92 Å². The van der Waals surface area contributed by atoms with E-state index in [2.05, 4.69) is 19.2 Å². The fourth-order valence-electron chi connectivity index (χ4n) is 2.35. The van der Waals surface area contributed by atoms with Crippen molar-refractivity contribution >= 4 is 5.91 Å². The van der Waals surface area contributed by atoms with Crippen LogP contribution in [0, 0.1) is 6.92 Å². The summed E-state index contributed by atoms with van der Waals surface area (Å²) in [6.45, 7) is 8.57. The summed E-state index contributed by atoms with van der Waals surface area (Å²) in [7, 11) is 0. The lowest BCUT2D eigenvalue weighted by Gasteiger charge is -2.18. The van der Waals surface area contributed by atoms with E-state index in [0.29, 0.717) is 12.5 Å². The predicted octanol–water partition coefficient (Wildman–Crippen LogP) is 4.20. The maximum Gasteiger partial charge on any atom is 0.261 e. The minimum absolute atomic E-state index is 0.107. The van der Waals surface area contributed by atoms with Gasteiger partial charge in [0.1, 0.15) is 5.75 Å². The summed E-state index contributed by atoms with van der Waals surface area (Å²) in [5.74, 6) is 1.03. The number of carbonyl (C=O) groups excluding carboxylic acids is 1. The Morgan fingerprint density at radius 3 is 2.35 bits per heavy atom. The highest BCUT2D eigenvalue weighted by Gasteiger charge is 2.16. The first-order chi connectivity index (χ1) is 11.0. The molecule has 3 heteroatoms. The van der Waals surface area contributed by atoms with Gasteiger partial charge >= 0.3 is 0 Å². The second-order valence-electron chi connectivity index (χ2n) is 6.16. The van der Waals surface area contributed by atoms with Crippen LogP contribution in [0.15, 0.2) is 48.5 Å². The van der Waals surface area contributed by atoms with Crippen molar-refractivity contribution in [2.75, 3.05) is 0 Å². The van der Waals surface area contributed by atoms with Gasteiger partial charge in [0, 0.05) is 6.54 Å². The van der Waals surface area contributed by atoms with Gasteiger partial charge < -0.3 is 10.1 Å². The van der Waals surface area contributed by atoms with E-state index >= 15 is 0 Å². The lowest BCUT2D eigenvalue weighted by Crippen LogP contribution is -2.36. The molecule has 1 N–H and O–H groups in total. The predicted molar refractivity (Wildman–Crippen MR) is 93.6 cm³/mol. The van der Waals surface area contributed by atoms with Gasteiger partial charge in [-0.1, -0.05) is 61.9 Å². The van der Waals surface area contributed by atoms with Crippen molar-refractivity contribution in [3.63, 3.8) is 0 Å². The number of hydrogen-bond acceptors (Lipinski definition) is 2. The van der Waals surface area contributed by atoms with Crippen LogP contribution < -0.4 is 10.1 Å². The van der Waals surface area contributed by atoms with Gasteiger partial charge in [-0.15, -0.1) is 0 Å². The van der Waals surface area contributed by atoms with Crippen LogP contribution in [0.25, 0.3) is 0 Å². The lowest BCUT2D eigenvalue weighted by molar-refractivity contribution is -0.127. The fourth-order valence-corrected chi connectivity index (χ4v) is 2.35. The molecule has 0 radical (unpaired) electrons. The number of carbonyl (C=O) groups is 1. The van der Waals surface area contributed by atoms with E-state index in [0.717, 1.165) is 16.9 Å². The Morgan fingerprint density at radius 2 is 1.70 bits per heavy atom. The van der Waals surface area contributed by atoms with Crippen LogP contribution in [-0.2, 0) is 11.3 Å². The van der Waals surface area contributed by atoms with E-state index < -0.39 is 6.10 Å². The van der Waals surface area contributed by atoms with Gasteiger partial charge in [0.25, 0.3) is 5.91 Å². The monoisotopic (exact) mass is 311 g/mol. The van der Waals surface area contributed by atoms with Crippen molar-refractivity contribution in [1.29, 1.82) is 0 Å². The number of amides is 1. The number of nitrogens with one attached hydrogen (secondary N) is 1. The van der Waals surface area contributed by atoms with Crippen LogP contribution in [-0.4, -0.2) is 12.0 Å². The Kier molecular flexibility index (Phi) is 5.80. The molecular formula is C20H25NO2. The molecular weight excluding hydrogens is 286 g/mol. The molecule has 122 valence electrons. The summed E-state index contributed by atoms with van der Waals surface area (Å²) >= 11 is 0. The third-order valence-electron chi connectivity index (χ3n) is 3.80. The molecule has 0 saturated heterocycles. The maximum absolute atomic E-state index is 12.2. The number of aryl methyl sites for hydroxylation is 1. The van der Waals surface area contributed by atoms with Gasteiger partial charge in [-0.3, -0.25) is 4.79 Å². The Morgan fingerprint density at radius 1 is 1.04 bits per heavy atom. The highest BCUT2D eigenvalue weighted by molar-refractivity contribution is 5.80. The molecule has 1 amide bonds. The fraction of sp³-hybridized carbons (Fsp3) is 0.350. The van der Waals surface area contributed by atoms with E-state index in [9.17, 15) is 4.79 Å². The van der Waals surface area contributed by atoms with Crippen molar-refractivity contribution in [3.8, 4) is 5.75 Å². The van der Waals surface area contributed by atoms with E-state index in [1.165, 1.54) is 5.56 Å². The molecule has 0 bridgehead atoms. The third kappa shape index (κ3) is 4.85. The van der Waals surface area contributed by atoms with Crippen LogP contribution in [0.2, 0.25) is 0 Å². The number of hydrogen-bond donors (Lipinski definition) is 1. The minimum atomic E-state index is -0.527. The molecule has 23 heavy (non-hydrogen) atoms. The molecule has 0 aliphatic carbocycles. The summed E-state index contributed by atoms with van der Waals surface area (Å²) < 4.78 is 5.86. The van der Waals surface area contributed by atoms with Crippen LogP contribution in [0.5, 0.6) is 5.75 Å². The highest BCUT2D eigenvalue weighted by Crippen LogP contribution is 2.26. The molecule has 3 nitrogen and oxygen atoms in total. The molecule has 0 saturated carbocycles. The van der Waals surface area contributed by atoms with Crippen molar-refractivity contribution in [2.45, 2.75) is 46.3 Å². The maximum atomic E-state index is 12.2. The van der Waals surface area contributed by atoms with Crippen LogP contribution in [0.1, 0.15) is 43.4 Å². The molecule has 0 aliphatic rings. The first-order valence-electron chi connectivity index (χ1n) is 8.06. The molecule has 0 heterocycles. The zero-order valence-electron chi connectivity index (χ0n) is 14.3. The molecule has 2 rings (SSSR count). The Bertz CT molecular complexity index is 647. The SMILES string of the molecule is Cc1ccc(CNC(=O)C(C)Oc2ccccc2C(C)C)cc1. The Labute approximate surface area is 138 Å². The van der Waals surface area contributed by atoms with E-state index in [1.807, 2.05) is 55.5 Å². The van der Waals surface area contributed by atoms with Gasteiger partial charge in [0.2, 0.25) is 0 Å². The molecule has 2 aromatic carbocycles. The summed E-state index contributed by atoms with van der Waals surface area (Å²) in [5, 5.41) is 2.92. The average Bonchev–Trinajstić information content (AvgIpc) is 2.54. The standard InChI is InChI=1S/C20H25NO2/c1-14(2)18-7-5-6-8-19(18)23-16(4)20(22)21-13-17-11-9-15(3)10-12-17/h5-12,14,16H,13H2,1-4H3,(H,21,22). The Balaban J connectivity index is 1.94. The molecule has 1 atom stereocenters. The number of rotatable bonds is 6. The summed E-state index contributed by atoms with van der Waals surface area (Å²) in [6, 6.07) is 16.0. The third-order valence-corrected chi connectivity index (χ3v) is 3.80. The quantitative estimate of drug-likeness (QED) is 0.868. The van der Waals surface area contributed by atoms with Gasteiger partial charge in [0.15, 0.2) is 6.10 Å². The van der Waals surface area contributed by atoms with E-state index in [4.69, 9.17) is 4.74 Å². The summed E-state index contributed by atoms with van der Waals surface area (Å²) in [5.41, 5.74) is 3.41.